The standard InChI is InChI=1S/C10H8BrN3O/c1-15-8-4-2-3-7(5-8)9-12-6-13-10(11)14-9/h2-6H,1H3. The molecule has 0 unspecified atom stereocenters. The van der Waals surface area contributed by atoms with Gasteiger partial charge in [0.05, 0.1) is 7.11 Å². The number of methoxy groups -OCH3 is 1. The van der Waals surface area contributed by atoms with Gasteiger partial charge in [-0.1, -0.05) is 12.1 Å². The Labute approximate surface area is 95.5 Å². The largest absolute Gasteiger partial charge is 0.497 e. The third-order valence-electron chi connectivity index (χ3n) is 1.87. The van der Waals surface area contributed by atoms with Crippen LogP contribution < -0.4 is 4.74 Å². The summed E-state index contributed by atoms with van der Waals surface area (Å²) in [5.41, 5.74) is 0.900. The molecule has 0 N–H and O–H groups in total. The molecule has 0 saturated carbocycles. The van der Waals surface area contributed by atoms with Crippen molar-refractivity contribution in [3.8, 4) is 17.1 Å². The van der Waals surface area contributed by atoms with Gasteiger partial charge >= 0.3 is 0 Å². The minimum absolute atomic E-state index is 0.523. The van der Waals surface area contributed by atoms with Crippen LogP contribution in [0.25, 0.3) is 11.4 Å². The van der Waals surface area contributed by atoms with Gasteiger partial charge in [-0.2, -0.15) is 0 Å². The quantitative estimate of drug-likeness (QED) is 0.836. The van der Waals surface area contributed by atoms with Gasteiger partial charge < -0.3 is 4.74 Å². The molecule has 4 nitrogen and oxygen atoms in total. The maximum absolute atomic E-state index is 5.12. The van der Waals surface area contributed by atoms with Gasteiger partial charge in [0, 0.05) is 5.56 Å². The summed E-state index contributed by atoms with van der Waals surface area (Å²) in [6, 6.07) is 7.57. The van der Waals surface area contributed by atoms with E-state index < -0.39 is 0 Å². The maximum atomic E-state index is 5.12. The van der Waals surface area contributed by atoms with E-state index in [1.54, 1.807) is 7.11 Å². The lowest BCUT2D eigenvalue weighted by Gasteiger charge is -2.02. The number of rotatable bonds is 2. The second kappa shape index (κ2) is 4.35. The van der Waals surface area contributed by atoms with Gasteiger partial charge in [0.1, 0.15) is 12.1 Å². The molecule has 0 radical (unpaired) electrons. The highest BCUT2D eigenvalue weighted by molar-refractivity contribution is 9.10. The zero-order valence-corrected chi connectivity index (χ0v) is 9.60. The molecule has 1 aromatic heterocycles. The van der Waals surface area contributed by atoms with Crippen LogP contribution in [0.4, 0.5) is 0 Å². The molecule has 0 bridgehead atoms. The van der Waals surface area contributed by atoms with Gasteiger partial charge in [-0.15, -0.1) is 0 Å². The fraction of sp³-hybridized carbons (Fsp3) is 0.100. The number of benzene rings is 1. The SMILES string of the molecule is COc1cccc(-c2ncnc(Br)n2)c1. The molecule has 1 aromatic carbocycles. The van der Waals surface area contributed by atoms with E-state index in [-0.39, 0.29) is 0 Å². The van der Waals surface area contributed by atoms with Crippen LogP contribution in [0, 0.1) is 0 Å². The van der Waals surface area contributed by atoms with Gasteiger partial charge in [-0.3, -0.25) is 0 Å². The molecule has 0 aliphatic heterocycles. The van der Waals surface area contributed by atoms with E-state index in [2.05, 4.69) is 30.9 Å². The van der Waals surface area contributed by atoms with Crippen LogP contribution in [0.15, 0.2) is 35.3 Å². The van der Waals surface area contributed by atoms with Gasteiger partial charge in [-0.05, 0) is 28.1 Å². The summed E-state index contributed by atoms with van der Waals surface area (Å²) in [6.07, 6.45) is 1.46. The first kappa shape index (κ1) is 10.0. The summed E-state index contributed by atoms with van der Waals surface area (Å²) >= 11 is 3.20. The lowest BCUT2D eigenvalue weighted by atomic mass is 10.2. The van der Waals surface area contributed by atoms with E-state index >= 15 is 0 Å². The van der Waals surface area contributed by atoms with E-state index in [0.29, 0.717) is 10.6 Å². The van der Waals surface area contributed by atoms with Crippen LogP contribution in [0.2, 0.25) is 0 Å². The molecule has 15 heavy (non-hydrogen) atoms. The average Bonchev–Trinajstić information content (AvgIpc) is 2.29. The van der Waals surface area contributed by atoms with Crippen LogP contribution in [0.5, 0.6) is 5.75 Å². The van der Waals surface area contributed by atoms with Gasteiger partial charge in [0.25, 0.3) is 0 Å². The Morgan fingerprint density at radius 2 is 2.13 bits per heavy atom. The van der Waals surface area contributed by atoms with Crippen LogP contribution in [-0.2, 0) is 0 Å². The maximum Gasteiger partial charge on any atom is 0.200 e. The monoisotopic (exact) mass is 265 g/mol. The molecule has 0 spiro atoms. The van der Waals surface area contributed by atoms with Crippen LogP contribution in [0.3, 0.4) is 0 Å². The first-order valence-corrected chi connectivity index (χ1v) is 5.08. The molecule has 0 fully saturated rings. The third-order valence-corrected chi connectivity index (χ3v) is 2.25. The Morgan fingerprint density at radius 3 is 2.87 bits per heavy atom. The van der Waals surface area contributed by atoms with Crippen molar-refractivity contribution >= 4 is 15.9 Å². The Morgan fingerprint density at radius 1 is 1.27 bits per heavy atom. The molecule has 2 rings (SSSR count). The molecule has 0 amide bonds. The predicted molar refractivity (Wildman–Crippen MR) is 59.5 cm³/mol. The smallest absolute Gasteiger partial charge is 0.200 e. The number of hydrogen-bond acceptors (Lipinski definition) is 4. The zero-order chi connectivity index (χ0) is 10.7. The fourth-order valence-electron chi connectivity index (χ4n) is 1.18. The second-order valence-electron chi connectivity index (χ2n) is 2.81. The van der Waals surface area contributed by atoms with Crippen molar-refractivity contribution in [3.05, 3.63) is 35.3 Å². The molecule has 2 aromatic rings. The number of ether oxygens (including phenoxy) is 1. The average molecular weight is 266 g/mol. The summed E-state index contributed by atoms with van der Waals surface area (Å²) in [5.74, 6) is 1.40. The summed E-state index contributed by atoms with van der Waals surface area (Å²) in [6.45, 7) is 0. The fourth-order valence-corrected chi connectivity index (χ4v) is 1.44. The summed E-state index contributed by atoms with van der Waals surface area (Å²) in [4.78, 5) is 12.1. The van der Waals surface area contributed by atoms with Crippen LogP contribution >= 0.6 is 15.9 Å². The summed E-state index contributed by atoms with van der Waals surface area (Å²) in [5, 5.41) is 0. The van der Waals surface area contributed by atoms with Crippen LogP contribution in [-0.4, -0.2) is 22.1 Å². The first-order chi connectivity index (χ1) is 7.29. The normalized spacial score (nSPS) is 10.0. The van der Waals surface area contributed by atoms with Gasteiger partial charge in [-0.25, -0.2) is 15.0 Å². The molecule has 0 aliphatic rings. The van der Waals surface area contributed by atoms with Crippen molar-refractivity contribution < 1.29 is 4.74 Å². The Balaban J connectivity index is 2.44. The highest BCUT2D eigenvalue weighted by atomic mass is 79.9. The van der Waals surface area contributed by atoms with Crippen molar-refractivity contribution in [1.29, 1.82) is 0 Å². The van der Waals surface area contributed by atoms with Crippen LogP contribution in [0.1, 0.15) is 0 Å². The first-order valence-electron chi connectivity index (χ1n) is 4.28. The topological polar surface area (TPSA) is 47.9 Å². The van der Waals surface area contributed by atoms with E-state index in [4.69, 9.17) is 4.74 Å². The molecule has 0 aliphatic carbocycles. The number of nitrogens with zero attached hydrogens (tertiary/aromatic N) is 3. The van der Waals surface area contributed by atoms with Gasteiger partial charge in [0.15, 0.2) is 10.6 Å². The molecule has 5 heteroatoms. The molecule has 0 atom stereocenters. The van der Waals surface area contributed by atoms with Gasteiger partial charge in [0.2, 0.25) is 0 Å². The molecular formula is C10H8BrN3O. The van der Waals surface area contributed by atoms with Crippen molar-refractivity contribution in [2.75, 3.05) is 7.11 Å². The minimum atomic E-state index is 0.523. The minimum Gasteiger partial charge on any atom is -0.497 e. The summed E-state index contributed by atoms with van der Waals surface area (Å²) in [7, 11) is 1.63. The second-order valence-corrected chi connectivity index (χ2v) is 3.52. The predicted octanol–water partition coefficient (Wildman–Crippen LogP) is 2.31. The van der Waals surface area contributed by atoms with Crippen molar-refractivity contribution in [3.63, 3.8) is 0 Å². The Kier molecular flexibility index (Phi) is 2.91. The Bertz CT molecular complexity index is 476. The number of hydrogen-bond donors (Lipinski definition) is 0. The molecule has 1 heterocycles. The zero-order valence-electron chi connectivity index (χ0n) is 8.01. The van der Waals surface area contributed by atoms with E-state index in [0.717, 1.165) is 11.3 Å². The molecule has 0 saturated heterocycles. The van der Waals surface area contributed by atoms with Crippen molar-refractivity contribution in [2.45, 2.75) is 0 Å². The highest BCUT2D eigenvalue weighted by Gasteiger charge is 2.03. The van der Waals surface area contributed by atoms with E-state index in [1.807, 2.05) is 24.3 Å². The van der Waals surface area contributed by atoms with E-state index in [1.165, 1.54) is 6.33 Å². The highest BCUT2D eigenvalue weighted by Crippen LogP contribution is 2.20. The molecule has 76 valence electrons. The Hall–Kier alpha value is -1.49. The summed E-state index contributed by atoms with van der Waals surface area (Å²) < 4.78 is 5.65. The lowest BCUT2D eigenvalue weighted by molar-refractivity contribution is 0.415. The van der Waals surface area contributed by atoms with Crippen molar-refractivity contribution in [2.24, 2.45) is 0 Å². The van der Waals surface area contributed by atoms with Crippen molar-refractivity contribution in [1.82, 2.24) is 15.0 Å². The number of halogens is 1. The lowest BCUT2D eigenvalue weighted by Crippen LogP contribution is -1.92. The molecular weight excluding hydrogens is 258 g/mol. The van der Waals surface area contributed by atoms with E-state index in [9.17, 15) is 0 Å². The third kappa shape index (κ3) is 2.30. The number of aromatic nitrogens is 3.